The molecule has 1 amide bonds. The van der Waals surface area contributed by atoms with E-state index in [2.05, 4.69) is 16.8 Å². The minimum atomic E-state index is -0.500. The van der Waals surface area contributed by atoms with Gasteiger partial charge in [0.25, 0.3) is 0 Å². The number of halogens is 1. The normalized spacial score (nSPS) is 17.9. The fraction of sp³-hybridized carbons (Fsp3) is 0.267. The molecule has 110 valence electrons. The highest BCUT2D eigenvalue weighted by molar-refractivity contribution is 7.10. The number of hydrogen-bond donors (Lipinski definition) is 2. The van der Waals surface area contributed by atoms with Gasteiger partial charge >= 0.3 is 0 Å². The van der Waals surface area contributed by atoms with Gasteiger partial charge in [0, 0.05) is 29.1 Å². The number of nitrogens with two attached hydrogens (primary N) is 1. The van der Waals surface area contributed by atoms with Gasteiger partial charge in [0.15, 0.2) is 0 Å². The van der Waals surface area contributed by atoms with Crippen molar-refractivity contribution < 1.29 is 9.53 Å². The molecule has 0 radical (unpaired) electrons. The molecule has 1 unspecified atom stereocenters. The van der Waals surface area contributed by atoms with E-state index in [0.717, 1.165) is 19.5 Å². The zero-order chi connectivity index (χ0) is 14.8. The average molecular weight is 323 g/mol. The van der Waals surface area contributed by atoms with Gasteiger partial charge in [-0.3, -0.25) is 4.79 Å². The lowest BCUT2D eigenvalue weighted by Crippen LogP contribution is -2.23. The van der Waals surface area contributed by atoms with Crippen molar-refractivity contribution in [2.24, 2.45) is 5.73 Å². The molecule has 0 fully saturated rings. The molecule has 1 aliphatic heterocycles. The molecule has 3 rings (SSSR count). The van der Waals surface area contributed by atoms with Crippen LogP contribution in [0.5, 0.6) is 5.75 Å². The van der Waals surface area contributed by atoms with Crippen molar-refractivity contribution in [1.82, 2.24) is 5.32 Å². The van der Waals surface area contributed by atoms with E-state index in [9.17, 15) is 4.79 Å². The van der Waals surface area contributed by atoms with Crippen LogP contribution in [0.3, 0.4) is 0 Å². The third kappa shape index (κ3) is 3.05. The molecule has 1 aromatic carbocycles. The van der Waals surface area contributed by atoms with Gasteiger partial charge in [0.05, 0.1) is 5.02 Å². The highest BCUT2D eigenvalue weighted by Gasteiger charge is 2.22. The number of fused-ring (bicyclic) bond motifs is 1. The molecule has 2 heterocycles. The summed E-state index contributed by atoms with van der Waals surface area (Å²) in [5, 5.41) is 5.85. The lowest BCUT2D eigenvalue weighted by atomic mass is 10.1. The number of benzene rings is 1. The van der Waals surface area contributed by atoms with Crippen molar-refractivity contribution in [2.45, 2.75) is 12.5 Å². The van der Waals surface area contributed by atoms with E-state index in [0.29, 0.717) is 16.3 Å². The summed E-state index contributed by atoms with van der Waals surface area (Å²) in [5.41, 5.74) is 6.83. The quantitative estimate of drug-likeness (QED) is 0.913. The molecule has 0 aliphatic carbocycles. The Labute approximate surface area is 131 Å². The van der Waals surface area contributed by atoms with E-state index in [-0.39, 0.29) is 6.10 Å². The Morgan fingerprint density at radius 1 is 1.43 bits per heavy atom. The summed E-state index contributed by atoms with van der Waals surface area (Å²) in [6.45, 7) is 1.68. The van der Waals surface area contributed by atoms with E-state index in [1.54, 1.807) is 23.5 Å². The summed E-state index contributed by atoms with van der Waals surface area (Å²) >= 11 is 7.93. The maximum absolute atomic E-state index is 11.1. The molecule has 0 saturated heterocycles. The SMILES string of the molecule is NC(=O)c1ccc(OC2CNCCc3sccc32)c(Cl)c1. The van der Waals surface area contributed by atoms with Crippen molar-refractivity contribution >= 4 is 28.8 Å². The van der Waals surface area contributed by atoms with E-state index >= 15 is 0 Å². The molecule has 1 atom stereocenters. The second-order valence-corrected chi connectivity index (χ2v) is 6.28. The van der Waals surface area contributed by atoms with Gasteiger partial charge in [-0.05, 0) is 36.1 Å². The zero-order valence-corrected chi connectivity index (χ0v) is 12.8. The van der Waals surface area contributed by atoms with Crippen molar-refractivity contribution in [1.29, 1.82) is 0 Å². The standard InChI is InChI=1S/C15H15ClN2O2S/c16-11-7-9(15(17)19)1-2-12(11)20-13-8-18-5-3-14-10(13)4-6-21-14/h1-2,4,6-7,13,18H,3,5,8H2,(H2,17,19). The Kier molecular flexibility index (Phi) is 4.14. The molecule has 6 heteroatoms. The van der Waals surface area contributed by atoms with Crippen LogP contribution in [-0.4, -0.2) is 19.0 Å². The number of nitrogens with one attached hydrogen (secondary N) is 1. The summed E-state index contributed by atoms with van der Waals surface area (Å²) in [6, 6.07) is 6.96. The molecule has 0 saturated carbocycles. The van der Waals surface area contributed by atoms with Crippen LogP contribution in [0.25, 0.3) is 0 Å². The third-order valence-corrected chi connectivity index (χ3v) is 4.76. The fourth-order valence-electron chi connectivity index (χ4n) is 2.39. The first-order chi connectivity index (χ1) is 10.1. The highest BCUT2D eigenvalue weighted by Crippen LogP contribution is 2.33. The van der Waals surface area contributed by atoms with Crippen molar-refractivity contribution in [2.75, 3.05) is 13.1 Å². The van der Waals surface area contributed by atoms with E-state index in [1.165, 1.54) is 16.5 Å². The number of primary amides is 1. The molecule has 4 nitrogen and oxygen atoms in total. The lowest BCUT2D eigenvalue weighted by Gasteiger charge is -2.19. The number of thiophene rings is 1. The third-order valence-electron chi connectivity index (χ3n) is 3.47. The Balaban J connectivity index is 1.85. The lowest BCUT2D eigenvalue weighted by molar-refractivity contribution is 0.1000. The van der Waals surface area contributed by atoms with Crippen molar-refractivity contribution in [3.63, 3.8) is 0 Å². The predicted octanol–water partition coefficient (Wildman–Crippen LogP) is 2.77. The van der Waals surface area contributed by atoms with Crippen LogP contribution in [-0.2, 0) is 6.42 Å². The van der Waals surface area contributed by atoms with Crippen LogP contribution in [0.15, 0.2) is 29.6 Å². The zero-order valence-electron chi connectivity index (χ0n) is 11.3. The van der Waals surface area contributed by atoms with Gasteiger partial charge in [-0.25, -0.2) is 0 Å². The molecule has 1 aromatic heterocycles. The van der Waals surface area contributed by atoms with Crippen LogP contribution in [0.4, 0.5) is 0 Å². The molecular weight excluding hydrogens is 308 g/mol. The highest BCUT2D eigenvalue weighted by atomic mass is 35.5. The van der Waals surface area contributed by atoms with Crippen LogP contribution in [0.1, 0.15) is 26.9 Å². The number of carbonyl (C=O) groups excluding carboxylic acids is 1. The molecule has 1 aliphatic rings. The summed E-state index contributed by atoms with van der Waals surface area (Å²) in [4.78, 5) is 12.5. The van der Waals surface area contributed by atoms with E-state index in [4.69, 9.17) is 22.1 Å². The summed E-state index contributed by atoms with van der Waals surface area (Å²) in [6.07, 6.45) is 0.937. The van der Waals surface area contributed by atoms with Crippen LogP contribution >= 0.6 is 22.9 Å². The number of carbonyl (C=O) groups is 1. The predicted molar refractivity (Wildman–Crippen MR) is 84.2 cm³/mol. The van der Waals surface area contributed by atoms with Crippen LogP contribution < -0.4 is 15.8 Å². The number of amides is 1. The van der Waals surface area contributed by atoms with Gasteiger partial charge in [-0.2, -0.15) is 0 Å². The van der Waals surface area contributed by atoms with Gasteiger partial charge in [0.2, 0.25) is 5.91 Å². The molecule has 0 spiro atoms. The number of rotatable bonds is 3. The first-order valence-corrected chi connectivity index (χ1v) is 7.94. The average Bonchev–Trinajstić information content (AvgIpc) is 2.84. The molecular formula is C15H15ClN2O2S. The molecule has 21 heavy (non-hydrogen) atoms. The fourth-order valence-corrected chi connectivity index (χ4v) is 3.55. The molecule has 2 aromatic rings. The van der Waals surface area contributed by atoms with E-state index < -0.39 is 5.91 Å². The van der Waals surface area contributed by atoms with Gasteiger partial charge < -0.3 is 15.8 Å². The Morgan fingerprint density at radius 2 is 2.29 bits per heavy atom. The smallest absolute Gasteiger partial charge is 0.248 e. The first-order valence-electron chi connectivity index (χ1n) is 6.68. The Bertz CT molecular complexity index is 671. The van der Waals surface area contributed by atoms with Gasteiger partial charge in [0.1, 0.15) is 11.9 Å². The van der Waals surface area contributed by atoms with Crippen molar-refractivity contribution in [3.05, 3.63) is 50.7 Å². The first kappa shape index (κ1) is 14.4. The van der Waals surface area contributed by atoms with Crippen molar-refractivity contribution in [3.8, 4) is 5.75 Å². The topological polar surface area (TPSA) is 64.4 Å². The minimum Gasteiger partial charge on any atom is -0.483 e. The summed E-state index contributed by atoms with van der Waals surface area (Å²) < 4.78 is 6.05. The Hall–Kier alpha value is -1.56. The number of hydrogen-bond acceptors (Lipinski definition) is 4. The monoisotopic (exact) mass is 322 g/mol. The Morgan fingerprint density at radius 3 is 3.05 bits per heavy atom. The second kappa shape index (κ2) is 6.05. The summed E-state index contributed by atoms with van der Waals surface area (Å²) in [7, 11) is 0. The second-order valence-electron chi connectivity index (χ2n) is 4.87. The maximum atomic E-state index is 11.1. The number of ether oxygens (including phenoxy) is 1. The van der Waals surface area contributed by atoms with Gasteiger partial charge in [-0.15, -0.1) is 11.3 Å². The van der Waals surface area contributed by atoms with Crippen LogP contribution in [0.2, 0.25) is 5.02 Å². The summed E-state index contributed by atoms with van der Waals surface area (Å²) in [5.74, 6) is 0.0622. The molecule has 0 bridgehead atoms. The molecule has 3 N–H and O–H groups in total. The maximum Gasteiger partial charge on any atom is 0.248 e. The largest absolute Gasteiger partial charge is 0.483 e. The van der Waals surface area contributed by atoms with Crippen LogP contribution in [0, 0.1) is 0 Å². The van der Waals surface area contributed by atoms with E-state index in [1.807, 2.05) is 0 Å². The van der Waals surface area contributed by atoms with Gasteiger partial charge in [-0.1, -0.05) is 11.6 Å². The minimum absolute atomic E-state index is 0.0781.